The topological polar surface area (TPSA) is 111 Å². The van der Waals surface area contributed by atoms with Gasteiger partial charge >= 0.3 is 0 Å². The number of methoxy groups -OCH3 is 1. The monoisotopic (exact) mass is 542 g/mol. The van der Waals surface area contributed by atoms with Crippen molar-refractivity contribution in [3.8, 4) is 22.1 Å². The molecule has 1 unspecified atom stereocenters. The summed E-state index contributed by atoms with van der Waals surface area (Å²) in [6.07, 6.45) is -1.14. The molecule has 2 heterocycles. The molecule has 1 amide bonds. The van der Waals surface area contributed by atoms with Gasteiger partial charge in [-0.3, -0.25) is 14.4 Å². The second kappa shape index (κ2) is 9.76. The van der Waals surface area contributed by atoms with Crippen LogP contribution in [0.4, 0.5) is 10.8 Å². The zero-order chi connectivity index (χ0) is 25.3. The van der Waals surface area contributed by atoms with Crippen LogP contribution in [0.25, 0.3) is 10.6 Å². The van der Waals surface area contributed by atoms with Gasteiger partial charge in [0.25, 0.3) is 15.9 Å². The van der Waals surface area contributed by atoms with Crippen LogP contribution in [0, 0.1) is 0 Å². The van der Waals surface area contributed by atoms with E-state index in [2.05, 4.69) is 15.5 Å². The molecule has 184 valence electrons. The standard InChI is InChI=1S/C24H19ClN4O5S2/c1-33-17-8-10-18(11-9-17)36(31,32)29-14-21(34-20-12-7-16(25)13-19(20)29)22(30)26-24-28-27-23(35-24)15-5-3-2-4-6-15/h2-13,21H,14H2,1H3,(H,26,28,30). The minimum atomic E-state index is -4.05. The number of nitrogens with one attached hydrogen (secondary N) is 1. The van der Waals surface area contributed by atoms with Crippen molar-refractivity contribution in [1.29, 1.82) is 0 Å². The lowest BCUT2D eigenvalue weighted by atomic mass is 10.2. The lowest BCUT2D eigenvalue weighted by Crippen LogP contribution is -2.48. The largest absolute Gasteiger partial charge is 0.497 e. The first-order chi connectivity index (χ1) is 17.3. The molecule has 1 N–H and O–H groups in total. The average Bonchev–Trinajstić information content (AvgIpc) is 3.37. The first kappa shape index (κ1) is 24.0. The molecule has 0 radical (unpaired) electrons. The van der Waals surface area contributed by atoms with Gasteiger partial charge in [-0.25, -0.2) is 8.42 Å². The fourth-order valence-electron chi connectivity index (χ4n) is 3.62. The molecule has 5 rings (SSSR count). The van der Waals surface area contributed by atoms with Crippen LogP contribution in [0.1, 0.15) is 0 Å². The fraction of sp³-hybridized carbons (Fsp3) is 0.125. The van der Waals surface area contributed by atoms with Crippen molar-refractivity contribution < 1.29 is 22.7 Å². The lowest BCUT2D eigenvalue weighted by Gasteiger charge is -2.34. The SMILES string of the molecule is COc1ccc(S(=O)(=O)N2CC(C(=O)Nc3nnc(-c4ccccc4)s3)Oc3ccc(Cl)cc32)cc1. The van der Waals surface area contributed by atoms with E-state index >= 15 is 0 Å². The number of aromatic nitrogens is 2. The number of rotatable bonds is 6. The predicted molar refractivity (Wildman–Crippen MR) is 137 cm³/mol. The number of ether oxygens (including phenoxy) is 2. The fourth-order valence-corrected chi connectivity index (χ4v) is 6.01. The second-order valence-corrected chi connectivity index (χ2v) is 11.0. The van der Waals surface area contributed by atoms with Gasteiger partial charge in [0.1, 0.15) is 16.5 Å². The molecule has 0 fully saturated rings. The molecule has 1 atom stereocenters. The van der Waals surface area contributed by atoms with Gasteiger partial charge in [0.15, 0.2) is 6.10 Å². The van der Waals surface area contributed by atoms with E-state index in [-0.39, 0.29) is 28.0 Å². The molecule has 12 heteroatoms. The van der Waals surface area contributed by atoms with Crippen molar-refractivity contribution in [2.75, 3.05) is 23.3 Å². The van der Waals surface area contributed by atoms with Gasteiger partial charge in [-0.2, -0.15) is 0 Å². The summed E-state index contributed by atoms with van der Waals surface area (Å²) in [5, 5.41) is 12.1. The highest BCUT2D eigenvalue weighted by Crippen LogP contribution is 2.39. The maximum Gasteiger partial charge on any atom is 0.269 e. The molecule has 1 aromatic heterocycles. The molecule has 0 saturated carbocycles. The van der Waals surface area contributed by atoms with E-state index in [4.69, 9.17) is 21.1 Å². The van der Waals surface area contributed by atoms with E-state index in [0.29, 0.717) is 15.8 Å². The van der Waals surface area contributed by atoms with Crippen molar-refractivity contribution in [1.82, 2.24) is 10.2 Å². The predicted octanol–water partition coefficient (Wildman–Crippen LogP) is 4.46. The number of benzene rings is 3. The molecule has 36 heavy (non-hydrogen) atoms. The van der Waals surface area contributed by atoms with Crippen LogP contribution in [-0.2, 0) is 14.8 Å². The van der Waals surface area contributed by atoms with Crippen LogP contribution in [0.15, 0.2) is 77.7 Å². The van der Waals surface area contributed by atoms with E-state index in [1.165, 1.54) is 42.7 Å². The number of anilines is 2. The summed E-state index contributed by atoms with van der Waals surface area (Å²) in [5.41, 5.74) is 1.11. The van der Waals surface area contributed by atoms with Crippen molar-refractivity contribution in [3.05, 3.63) is 77.8 Å². The Bertz CT molecular complexity index is 1510. The number of carbonyl (C=O) groups excluding carboxylic acids is 1. The zero-order valence-electron chi connectivity index (χ0n) is 18.8. The molecule has 4 aromatic rings. The Balaban J connectivity index is 1.42. The maximum absolute atomic E-state index is 13.6. The third-order valence-electron chi connectivity index (χ3n) is 5.41. The molecule has 9 nitrogen and oxygen atoms in total. The van der Waals surface area contributed by atoms with Gasteiger partial charge in [0.2, 0.25) is 5.13 Å². The Morgan fingerprint density at radius 1 is 1.11 bits per heavy atom. The Labute approximate surface area is 216 Å². The second-order valence-electron chi connectivity index (χ2n) is 7.70. The molecule has 1 aliphatic heterocycles. The Morgan fingerprint density at radius 2 is 1.86 bits per heavy atom. The van der Waals surface area contributed by atoms with E-state index in [1.807, 2.05) is 30.3 Å². The molecule has 0 saturated heterocycles. The van der Waals surface area contributed by atoms with Gasteiger partial charge < -0.3 is 9.47 Å². The van der Waals surface area contributed by atoms with Gasteiger partial charge in [-0.05, 0) is 42.5 Å². The Kier molecular flexibility index (Phi) is 6.52. The third kappa shape index (κ3) is 4.72. The van der Waals surface area contributed by atoms with Crippen LogP contribution in [0.5, 0.6) is 11.5 Å². The van der Waals surface area contributed by atoms with Crippen LogP contribution in [0.2, 0.25) is 5.02 Å². The summed E-state index contributed by atoms with van der Waals surface area (Å²) in [7, 11) is -2.56. The summed E-state index contributed by atoms with van der Waals surface area (Å²) in [6.45, 7) is -0.266. The van der Waals surface area contributed by atoms with Gasteiger partial charge in [0, 0.05) is 10.6 Å². The number of amides is 1. The highest BCUT2D eigenvalue weighted by atomic mass is 35.5. The number of nitrogens with zero attached hydrogens (tertiary/aromatic N) is 3. The van der Waals surface area contributed by atoms with E-state index < -0.39 is 22.0 Å². The molecule has 3 aromatic carbocycles. The van der Waals surface area contributed by atoms with Crippen molar-refractivity contribution in [2.45, 2.75) is 11.0 Å². The van der Waals surface area contributed by atoms with Crippen LogP contribution >= 0.6 is 22.9 Å². The number of hydrogen-bond acceptors (Lipinski definition) is 8. The van der Waals surface area contributed by atoms with Crippen LogP contribution in [-0.4, -0.2) is 44.3 Å². The number of fused-ring (bicyclic) bond motifs is 1. The summed E-state index contributed by atoms with van der Waals surface area (Å²) in [4.78, 5) is 13.2. The summed E-state index contributed by atoms with van der Waals surface area (Å²) < 4.78 is 39.3. The van der Waals surface area contributed by atoms with E-state index in [0.717, 1.165) is 9.87 Å². The minimum absolute atomic E-state index is 0.0342. The smallest absolute Gasteiger partial charge is 0.269 e. The van der Waals surface area contributed by atoms with E-state index in [9.17, 15) is 13.2 Å². The van der Waals surface area contributed by atoms with Gasteiger partial charge in [-0.15, -0.1) is 10.2 Å². The van der Waals surface area contributed by atoms with Crippen molar-refractivity contribution in [3.63, 3.8) is 0 Å². The Morgan fingerprint density at radius 3 is 2.58 bits per heavy atom. The first-order valence-electron chi connectivity index (χ1n) is 10.7. The number of hydrogen-bond donors (Lipinski definition) is 1. The quantitative estimate of drug-likeness (QED) is 0.383. The number of halogens is 1. The van der Waals surface area contributed by atoms with Crippen molar-refractivity contribution in [2.24, 2.45) is 0 Å². The number of carbonyl (C=O) groups is 1. The summed E-state index contributed by atoms with van der Waals surface area (Å²) in [5.74, 6) is 0.176. The Hall–Kier alpha value is -3.67. The van der Waals surface area contributed by atoms with Crippen molar-refractivity contribution >= 4 is 49.7 Å². The van der Waals surface area contributed by atoms with Crippen LogP contribution < -0.4 is 19.1 Å². The highest BCUT2D eigenvalue weighted by Gasteiger charge is 2.38. The molecule has 0 aliphatic carbocycles. The normalized spacial score (nSPS) is 15.1. The maximum atomic E-state index is 13.6. The molecular weight excluding hydrogens is 524 g/mol. The third-order valence-corrected chi connectivity index (χ3v) is 8.32. The van der Waals surface area contributed by atoms with E-state index in [1.54, 1.807) is 18.2 Å². The first-order valence-corrected chi connectivity index (χ1v) is 13.3. The highest BCUT2D eigenvalue weighted by molar-refractivity contribution is 7.92. The molecule has 0 bridgehead atoms. The minimum Gasteiger partial charge on any atom is -0.497 e. The average molecular weight is 543 g/mol. The van der Waals surface area contributed by atoms with Gasteiger partial charge in [0.05, 0.1) is 24.2 Å². The number of sulfonamides is 1. The molecule has 0 spiro atoms. The molecular formula is C24H19ClN4O5S2. The zero-order valence-corrected chi connectivity index (χ0v) is 21.2. The van der Waals surface area contributed by atoms with Crippen LogP contribution in [0.3, 0.4) is 0 Å². The summed E-state index contributed by atoms with van der Waals surface area (Å²) in [6, 6.07) is 20.0. The molecule has 1 aliphatic rings. The van der Waals surface area contributed by atoms with Gasteiger partial charge in [-0.1, -0.05) is 53.3 Å². The lowest BCUT2D eigenvalue weighted by molar-refractivity contribution is -0.122. The summed E-state index contributed by atoms with van der Waals surface area (Å²) >= 11 is 7.35.